The predicted molar refractivity (Wildman–Crippen MR) is 75.6 cm³/mol. The molecule has 1 saturated heterocycles. The van der Waals surface area contributed by atoms with E-state index in [0.29, 0.717) is 5.91 Å². The summed E-state index contributed by atoms with van der Waals surface area (Å²) < 4.78 is 0. The molecular formula is C14H22N2OS. The van der Waals surface area contributed by atoms with Crippen molar-refractivity contribution in [1.82, 2.24) is 10.2 Å². The second-order valence-electron chi connectivity index (χ2n) is 5.18. The van der Waals surface area contributed by atoms with Crippen LogP contribution in [0.4, 0.5) is 0 Å². The first-order chi connectivity index (χ1) is 8.68. The smallest absolute Gasteiger partial charge is 0.227 e. The van der Waals surface area contributed by atoms with Crippen molar-refractivity contribution in [3.8, 4) is 0 Å². The van der Waals surface area contributed by atoms with Crippen LogP contribution < -0.4 is 5.32 Å². The largest absolute Gasteiger partial charge is 0.335 e. The van der Waals surface area contributed by atoms with Gasteiger partial charge in [0.2, 0.25) is 5.91 Å². The van der Waals surface area contributed by atoms with Crippen LogP contribution in [0.3, 0.4) is 0 Å². The Bertz CT molecular complexity index is 369. The van der Waals surface area contributed by atoms with Crippen LogP contribution in [0.25, 0.3) is 0 Å². The molecule has 4 heteroatoms. The molecule has 100 valence electrons. The minimum atomic E-state index is 0.168. The van der Waals surface area contributed by atoms with E-state index in [9.17, 15) is 4.79 Å². The van der Waals surface area contributed by atoms with Crippen LogP contribution in [-0.4, -0.2) is 29.9 Å². The molecule has 1 aromatic heterocycles. The zero-order chi connectivity index (χ0) is 13.0. The van der Waals surface area contributed by atoms with Crippen molar-refractivity contribution < 1.29 is 4.79 Å². The number of thiophene rings is 1. The maximum atomic E-state index is 12.6. The van der Waals surface area contributed by atoms with Gasteiger partial charge in [0.1, 0.15) is 0 Å². The van der Waals surface area contributed by atoms with Gasteiger partial charge < -0.3 is 10.2 Å². The van der Waals surface area contributed by atoms with Crippen molar-refractivity contribution in [2.24, 2.45) is 5.92 Å². The van der Waals surface area contributed by atoms with Gasteiger partial charge in [0.15, 0.2) is 0 Å². The van der Waals surface area contributed by atoms with Crippen LogP contribution in [0, 0.1) is 5.92 Å². The van der Waals surface area contributed by atoms with E-state index in [2.05, 4.69) is 30.6 Å². The first-order valence-electron chi connectivity index (χ1n) is 6.72. The Labute approximate surface area is 113 Å². The molecule has 1 atom stereocenters. The first-order valence-corrected chi connectivity index (χ1v) is 7.60. The summed E-state index contributed by atoms with van der Waals surface area (Å²) in [5.41, 5.74) is 0. The molecule has 1 aromatic rings. The summed E-state index contributed by atoms with van der Waals surface area (Å²) in [4.78, 5) is 15.8. The minimum absolute atomic E-state index is 0.168. The van der Waals surface area contributed by atoms with Gasteiger partial charge in [-0.3, -0.25) is 4.79 Å². The third-order valence-electron chi connectivity index (χ3n) is 3.46. The molecule has 3 nitrogen and oxygen atoms in total. The number of carbonyl (C=O) groups excluding carboxylic acids is 1. The van der Waals surface area contributed by atoms with Crippen LogP contribution in [0.15, 0.2) is 17.5 Å². The zero-order valence-corrected chi connectivity index (χ0v) is 12.0. The summed E-state index contributed by atoms with van der Waals surface area (Å²) in [7, 11) is 0. The topological polar surface area (TPSA) is 32.3 Å². The van der Waals surface area contributed by atoms with E-state index in [1.807, 2.05) is 11.0 Å². The monoisotopic (exact) mass is 266 g/mol. The van der Waals surface area contributed by atoms with Crippen molar-refractivity contribution in [2.45, 2.75) is 39.3 Å². The molecule has 1 fully saturated rings. The van der Waals surface area contributed by atoms with E-state index < -0.39 is 0 Å². The van der Waals surface area contributed by atoms with Gasteiger partial charge in [0.05, 0.1) is 12.5 Å². The number of hydrogen-bond donors (Lipinski definition) is 1. The van der Waals surface area contributed by atoms with Crippen LogP contribution in [0.5, 0.6) is 0 Å². The lowest BCUT2D eigenvalue weighted by Crippen LogP contribution is -2.45. The van der Waals surface area contributed by atoms with E-state index in [0.717, 1.165) is 32.5 Å². The Morgan fingerprint density at radius 3 is 3.00 bits per heavy atom. The molecule has 0 aromatic carbocycles. The lowest BCUT2D eigenvalue weighted by atomic mass is 9.97. The van der Waals surface area contributed by atoms with Crippen molar-refractivity contribution in [2.75, 3.05) is 13.1 Å². The van der Waals surface area contributed by atoms with Crippen molar-refractivity contribution in [3.05, 3.63) is 22.4 Å². The van der Waals surface area contributed by atoms with Gasteiger partial charge in [-0.15, -0.1) is 11.3 Å². The van der Waals surface area contributed by atoms with Crippen LogP contribution in [-0.2, 0) is 11.3 Å². The maximum Gasteiger partial charge on any atom is 0.227 e. The minimum Gasteiger partial charge on any atom is -0.335 e. The summed E-state index contributed by atoms with van der Waals surface area (Å²) in [6.45, 7) is 6.84. The number of amides is 1. The molecule has 0 bridgehead atoms. The summed E-state index contributed by atoms with van der Waals surface area (Å²) >= 11 is 1.72. The number of hydrogen-bond acceptors (Lipinski definition) is 3. The van der Waals surface area contributed by atoms with Crippen LogP contribution in [0.1, 0.15) is 31.6 Å². The molecule has 2 rings (SSSR count). The van der Waals surface area contributed by atoms with Gasteiger partial charge in [0, 0.05) is 17.5 Å². The highest BCUT2D eigenvalue weighted by Crippen LogP contribution is 2.19. The summed E-state index contributed by atoms with van der Waals surface area (Å²) in [6, 6.07) is 4.42. The van der Waals surface area contributed by atoms with Crippen molar-refractivity contribution >= 4 is 17.2 Å². The molecule has 1 aliphatic heterocycles. The molecule has 0 saturated carbocycles. The van der Waals surface area contributed by atoms with E-state index >= 15 is 0 Å². The molecular weight excluding hydrogens is 244 g/mol. The Morgan fingerprint density at radius 2 is 2.44 bits per heavy atom. The highest BCUT2D eigenvalue weighted by molar-refractivity contribution is 7.09. The number of piperidine rings is 1. The second-order valence-corrected chi connectivity index (χ2v) is 6.21. The van der Waals surface area contributed by atoms with Gasteiger partial charge in [-0.25, -0.2) is 0 Å². The fraction of sp³-hybridized carbons (Fsp3) is 0.643. The summed E-state index contributed by atoms with van der Waals surface area (Å²) in [5, 5.41) is 5.39. The molecule has 1 aliphatic rings. The third kappa shape index (κ3) is 3.33. The Kier molecular flexibility index (Phi) is 4.78. The van der Waals surface area contributed by atoms with Crippen molar-refractivity contribution in [3.63, 3.8) is 0 Å². The van der Waals surface area contributed by atoms with E-state index in [4.69, 9.17) is 0 Å². The van der Waals surface area contributed by atoms with Gasteiger partial charge in [-0.2, -0.15) is 0 Å². The van der Waals surface area contributed by atoms with Crippen LogP contribution in [0.2, 0.25) is 0 Å². The number of nitrogens with zero attached hydrogens (tertiary/aromatic N) is 1. The maximum absolute atomic E-state index is 12.6. The molecule has 0 radical (unpaired) electrons. The quantitative estimate of drug-likeness (QED) is 0.908. The van der Waals surface area contributed by atoms with Gasteiger partial charge >= 0.3 is 0 Å². The van der Waals surface area contributed by atoms with Crippen LogP contribution >= 0.6 is 11.3 Å². The second kappa shape index (κ2) is 6.34. The first kappa shape index (κ1) is 13.6. The molecule has 2 heterocycles. The zero-order valence-electron chi connectivity index (χ0n) is 11.2. The SMILES string of the molecule is CC(C)N(Cc1cccs1)C(=O)[C@H]1CCCNC1. The number of rotatable bonds is 4. The molecule has 0 aliphatic carbocycles. The van der Waals surface area contributed by atoms with Gasteiger partial charge in [0.25, 0.3) is 0 Å². The third-order valence-corrected chi connectivity index (χ3v) is 4.32. The number of nitrogens with one attached hydrogen (secondary N) is 1. The Hall–Kier alpha value is -0.870. The van der Waals surface area contributed by atoms with E-state index in [1.54, 1.807) is 11.3 Å². The average molecular weight is 266 g/mol. The highest BCUT2D eigenvalue weighted by atomic mass is 32.1. The van der Waals surface area contributed by atoms with E-state index in [1.165, 1.54) is 4.88 Å². The van der Waals surface area contributed by atoms with Gasteiger partial charge in [-0.1, -0.05) is 6.07 Å². The fourth-order valence-corrected chi connectivity index (χ4v) is 3.09. The molecule has 1 amide bonds. The van der Waals surface area contributed by atoms with Gasteiger partial charge in [-0.05, 0) is 44.7 Å². The Morgan fingerprint density at radius 1 is 1.61 bits per heavy atom. The summed E-state index contributed by atoms with van der Waals surface area (Å²) in [6.07, 6.45) is 2.14. The summed E-state index contributed by atoms with van der Waals surface area (Å²) in [5.74, 6) is 0.478. The molecule has 1 N–H and O–H groups in total. The molecule has 0 spiro atoms. The Balaban J connectivity index is 2.02. The lowest BCUT2D eigenvalue weighted by molar-refractivity contribution is -0.138. The lowest BCUT2D eigenvalue weighted by Gasteiger charge is -2.32. The fourth-order valence-electron chi connectivity index (χ4n) is 2.38. The normalized spacial score (nSPS) is 20.1. The predicted octanol–water partition coefficient (Wildman–Crippen LogP) is 2.48. The average Bonchev–Trinajstić information content (AvgIpc) is 2.89. The standard InChI is InChI=1S/C14H22N2OS/c1-11(2)16(10-13-6-4-8-18-13)14(17)12-5-3-7-15-9-12/h4,6,8,11-12,15H,3,5,7,9-10H2,1-2H3/t12-/m0/s1. The van der Waals surface area contributed by atoms with Crippen molar-refractivity contribution in [1.29, 1.82) is 0 Å². The number of carbonyl (C=O) groups is 1. The molecule has 18 heavy (non-hydrogen) atoms. The highest BCUT2D eigenvalue weighted by Gasteiger charge is 2.27. The molecule has 0 unspecified atom stereocenters. The van der Waals surface area contributed by atoms with E-state index in [-0.39, 0.29) is 12.0 Å².